The molecule has 0 atom stereocenters. The number of hydrogen-bond donors (Lipinski definition) is 1. The van der Waals surface area contributed by atoms with Gasteiger partial charge >= 0.3 is 0 Å². The number of benzene rings is 2. The maximum absolute atomic E-state index is 14.0. The summed E-state index contributed by atoms with van der Waals surface area (Å²) in [6.07, 6.45) is 2.47. The number of hydrogen-bond acceptors (Lipinski definition) is 4. The molecule has 0 aliphatic carbocycles. The molecule has 0 saturated carbocycles. The summed E-state index contributed by atoms with van der Waals surface area (Å²) in [7, 11) is -1.91. The van der Waals surface area contributed by atoms with Crippen LogP contribution in [0.4, 0.5) is 15.8 Å². The summed E-state index contributed by atoms with van der Waals surface area (Å²) < 4.78 is 38.6. The minimum Gasteiger partial charge on any atom is -0.326 e. The van der Waals surface area contributed by atoms with Crippen LogP contribution in [0.3, 0.4) is 0 Å². The molecule has 1 aliphatic heterocycles. The number of nitrogens with one attached hydrogen (secondary N) is 1. The van der Waals surface area contributed by atoms with E-state index < -0.39 is 10.0 Å². The molecule has 6 nitrogen and oxygen atoms in total. The SMILES string of the molecule is CN(c1cccc(NC(=O)C2CCN(Cc3ccc(Cl)cc3F)CC2)c1)S(C)(=O)=O. The van der Waals surface area contributed by atoms with Gasteiger partial charge in [-0.15, -0.1) is 0 Å². The zero-order chi connectivity index (χ0) is 21.9. The minimum absolute atomic E-state index is 0.0912. The number of piperidine rings is 1. The molecule has 0 radical (unpaired) electrons. The van der Waals surface area contributed by atoms with Gasteiger partial charge in [0.1, 0.15) is 5.82 Å². The number of sulfonamides is 1. The third-order valence-corrected chi connectivity index (χ3v) is 6.78. The van der Waals surface area contributed by atoms with Crippen LogP contribution in [0, 0.1) is 11.7 Å². The number of likely N-dealkylation sites (tertiary alicyclic amines) is 1. The van der Waals surface area contributed by atoms with Crippen LogP contribution >= 0.6 is 11.6 Å². The third-order valence-electron chi connectivity index (χ3n) is 5.34. The Morgan fingerprint density at radius 3 is 2.57 bits per heavy atom. The molecule has 3 rings (SSSR count). The molecule has 162 valence electrons. The Kier molecular flexibility index (Phi) is 7.00. The lowest BCUT2D eigenvalue weighted by Gasteiger charge is -2.31. The average molecular weight is 454 g/mol. The lowest BCUT2D eigenvalue weighted by atomic mass is 9.95. The fraction of sp³-hybridized carbons (Fsp3) is 0.381. The van der Waals surface area contributed by atoms with Crippen molar-refractivity contribution in [2.24, 2.45) is 5.92 Å². The molecule has 1 saturated heterocycles. The van der Waals surface area contributed by atoms with Crippen LogP contribution < -0.4 is 9.62 Å². The number of anilines is 2. The van der Waals surface area contributed by atoms with Gasteiger partial charge in [0.15, 0.2) is 0 Å². The molecule has 1 fully saturated rings. The van der Waals surface area contributed by atoms with Crippen molar-refractivity contribution in [3.8, 4) is 0 Å². The summed E-state index contributed by atoms with van der Waals surface area (Å²) in [5.74, 6) is -0.555. The third kappa shape index (κ3) is 5.71. The van der Waals surface area contributed by atoms with Crippen molar-refractivity contribution in [2.75, 3.05) is 36.0 Å². The average Bonchev–Trinajstić information content (AvgIpc) is 2.69. The van der Waals surface area contributed by atoms with E-state index in [9.17, 15) is 17.6 Å². The maximum atomic E-state index is 14.0. The normalized spacial score (nSPS) is 15.7. The molecule has 0 aromatic heterocycles. The Labute approximate surface area is 181 Å². The topological polar surface area (TPSA) is 69.7 Å². The van der Waals surface area contributed by atoms with E-state index in [0.29, 0.717) is 54.4 Å². The van der Waals surface area contributed by atoms with Gasteiger partial charge in [-0.3, -0.25) is 14.0 Å². The van der Waals surface area contributed by atoms with E-state index in [1.54, 1.807) is 36.4 Å². The molecule has 0 unspecified atom stereocenters. The summed E-state index contributed by atoms with van der Waals surface area (Å²) >= 11 is 5.80. The molecular formula is C21H25ClFN3O3S. The van der Waals surface area contributed by atoms with Crippen molar-refractivity contribution < 1.29 is 17.6 Å². The quantitative estimate of drug-likeness (QED) is 0.723. The number of rotatable bonds is 6. The lowest BCUT2D eigenvalue weighted by Crippen LogP contribution is -2.38. The summed E-state index contributed by atoms with van der Waals surface area (Å²) in [6, 6.07) is 11.4. The number of nitrogens with zero attached hydrogens (tertiary/aromatic N) is 2. The van der Waals surface area contributed by atoms with Crippen LogP contribution in [-0.2, 0) is 21.4 Å². The number of carbonyl (C=O) groups excluding carboxylic acids is 1. The first-order valence-corrected chi connectivity index (χ1v) is 11.9. The fourth-order valence-corrected chi connectivity index (χ4v) is 4.11. The van der Waals surface area contributed by atoms with Crippen LogP contribution in [0.5, 0.6) is 0 Å². The molecule has 1 amide bonds. The summed E-state index contributed by atoms with van der Waals surface area (Å²) in [4.78, 5) is 14.8. The summed E-state index contributed by atoms with van der Waals surface area (Å²) in [6.45, 7) is 1.87. The standard InChI is InChI=1S/C21H25ClFN3O3S/c1-25(30(2,28)29)19-5-3-4-18(13-19)24-21(27)15-8-10-26(11-9-15)14-16-6-7-17(22)12-20(16)23/h3-7,12-13,15H,8-11,14H2,1-2H3,(H,24,27). The highest BCUT2D eigenvalue weighted by Crippen LogP contribution is 2.24. The smallest absolute Gasteiger partial charge is 0.231 e. The Morgan fingerprint density at radius 1 is 1.23 bits per heavy atom. The Hall–Kier alpha value is -2.16. The van der Waals surface area contributed by atoms with Crippen molar-refractivity contribution in [1.82, 2.24) is 4.90 Å². The van der Waals surface area contributed by atoms with Gasteiger partial charge in [0.2, 0.25) is 15.9 Å². The van der Waals surface area contributed by atoms with E-state index in [4.69, 9.17) is 11.6 Å². The van der Waals surface area contributed by atoms with Crippen LogP contribution in [0.15, 0.2) is 42.5 Å². The van der Waals surface area contributed by atoms with Gasteiger partial charge in [0, 0.05) is 35.8 Å². The molecule has 2 aromatic carbocycles. The first-order valence-electron chi connectivity index (χ1n) is 9.64. The van der Waals surface area contributed by atoms with Gasteiger partial charge < -0.3 is 5.32 Å². The molecule has 30 heavy (non-hydrogen) atoms. The van der Waals surface area contributed by atoms with Crippen molar-refractivity contribution in [1.29, 1.82) is 0 Å². The van der Waals surface area contributed by atoms with E-state index in [1.807, 2.05) is 0 Å². The number of halogens is 2. The van der Waals surface area contributed by atoms with Crippen LogP contribution in [0.1, 0.15) is 18.4 Å². The largest absolute Gasteiger partial charge is 0.326 e. The second-order valence-corrected chi connectivity index (χ2v) is 10.0. The first-order chi connectivity index (χ1) is 14.1. The summed E-state index contributed by atoms with van der Waals surface area (Å²) in [5.41, 5.74) is 1.63. The molecule has 0 spiro atoms. The molecule has 2 aromatic rings. The molecule has 9 heteroatoms. The number of carbonyl (C=O) groups is 1. The zero-order valence-corrected chi connectivity index (χ0v) is 18.5. The minimum atomic E-state index is -3.38. The molecule has 1 aliphatic rings. The van der Waals surface area contributed by atoms with Gasteiger partial charge in [-0.1, -0.05) is 23.7 Å². The summed E-state index contributed by atoms with van der Waals surface area (Å²) in [5, 5.41) is 3.26. The van der Waals surface area contributed by atoms with Crippen molar-refractivity contribution >= 4 is 38.9 Å². The first kappa shape index (κ1) is 22.5. The van der Waals surface area contributed by atoms with Crippen molar-refractivity contribution in [2.45, 2.75) is 19.4 Å². The highest BCUT2D eigenvalue weighted by Gasteiger charge is 2.25. The van der Waals surface area contributed by atoms with Crippen LogP contribution in [-0.4, -0.2) is 45.6 Å². The second kappa shape index (κ2) is 9.32. The van der Waals surface area contributed by atoms with Gasteiger partial charge in [-0.25, -0.2) is 12.8 Å². The maximum Gasteiger partial charge on any atom is 0.231 e. The highest BCUT2D eigenvalue weighted by atomic mass is 35.5. The zero-order valence-electron chi connectivity index (χ0n) is 16.9. The van der Waals surface area contributed by atoms with Crippen LogP contribution in [0.2, 0.25) is 5.02 Å². The Morgan fingerprint density at radius 2 is 1.93 bits per heavy atom. The van der Waals surface area contributed by atoms with E-state index >= 15 is 0 Å². The molecule has 0 bridgehead atoms. The number of amides is 1. The van der Waals surface area contributed by atoms with Gasteiger partial charge in [0.05, 0.1) is 11.9 Å². The van der Waals surface area contributed by atoms with Gasteiger partial charge in [0.25, 0.3) is 0 Å². The molecular weight excluding hydrogens is 429 g/mol. The predicted molar refractivity (Wildman–Crippen MR) is 118 cm³/mol. The van der Waals surface area contributed by atoms with E-state index in [1.165, 1.54) is 13.1 Å². The second-order valence-electron chi connectivity index (χ2n) is 7.56. The van der Waals surface area contributed by atoms with Crippen LogP contribution in [0.25, 0.3) is 0 Å². The van der Waals surface area contributed by atoms with E-state index in [0.717, 1.165) is 10.6 Å². The van der Waals surface area contributed by atoms with E-state index in [2.05, 4.69) is 10.2 Å². The Bertz CT molecular complexity index is 1020. The lowest BCUT2D eigenvalue weighted by molar-refractivity contribution is -0.121. The predicted octanol–water partition coefficient (Wildman–Crippen LogP) is 3.73. The fourth-order valence-electron chi connectivity index (χ4n) is 3.46. The Balaban J connectivity index is 1.56. The van der Waals surface area contributed by atoms with Crippen molar-refractivity contribution in [3.05, 3.63) is 58.9 Å². The monoisotopic (exact) mass is 453 g/mol. The van der Waals surface area contributed by atoms with Gasteiger partial charge in [-0.05, 0) is 56.3 Å². The molecule has 1 heterocycles. The van der Waals surface area contributed by atoms with Gasteiger partial charge in [-0.2, -0.15) is 0 Å². The molecule has 1 N–H and O–H groups in total. The van der Waals surface area contributed by atoms with E-state index in [-0.39, 0.29) is 17.6 Å². The highest BCUT2D eigenvalue weighted by molar-refractivity contribution is 7.92. The van der Waals surface area contributed by atoms with Crippen molar-refractivity contribution in [3.63, 3.8) is 0 Å².